The van der Waals surface area contributed by atoms with Gasteiger partial charge in [0.1, 0.15) is 11.4 Å². The molecule has 1 aromatic carbocycles. The summed E-state index contributed by atoms with van der Waals surface area (Å²) in [5.41, 5.74) is 0.484. The highest BCUT2D eigenvalue weighted by molar-refractivity contribution is 5.87. The van der Waals surface area contributed by atoms with Gasteiger partial charge < -0.3 is 9.47 Å². The summed E-state index contributed by atoms with van der Waals surface area (Å²) in [5, 5.41) is 0. The van der Waals surface area contributed by atoms with E-state index in [0.29, 0.717) is 12.5 Å². The molecule has 2 aliphatic rings. The van der Waals surface area contributed by atoms with Gasteiger partial charge in [0.25, 0.3) is 0 Å². The molecular formula is C16H17FO3. The lowest BCUT2D eigenvalue weighted by Gasteiger charge is -2.21. The molecule has 0 bridgehead atoms. The number of esters is 1. The van der Waals surface area contributed by atoms with E-state index in [4.69, 9.17) is 9.47 Å². The smallest absolute Gasteiger partial charge is 0.331 e. The van der Waals surface area contributed by atoms with Crippen molar-refractivity contribution in [2.24, 2.45) is 5.92 Å². The first-order chi connectivity index (χ1) is 9.68. The number of benzene rings is 1. The Hall–Kier alpha value is -1.68. The fourth-order valence-corrected chi connectivity index (χ4v) is 2.64. The van der Waals surface area contributed by atoms with E-state index in [1.54, 1.807) is 18.2 Å². The van der Waals surface area contributed by atoms with Crippen LogP contribution in [0.1, 0.15) is 24.8 Å². The lowest BCUT2D eigenvalue weighted by Crippen LogP contribution is -2.28. The molecule has 1 heterocycles. The highest BCUT2D eigenvalue weighted by Crippen LogP contribution is 2.49. The van der Waals surface area contributed by atoms with Crippen LogP contribution in [0.3, 0.4) is 0 Å². The first kappa shape index (κ1) is 13.3. The summed E-state index contributed by atoms with van der Waals surface area (Å²) in [6.07, 6.45) is 5.87. The van der Waals surface area contributed by atoms with Gasteiger partial charge in [-0.15, -0.1) is 0 Å². The van der Waals surface area contributed by atoms with Gasteiger partial charge in [-0.1, -0.05) is 12.1 Å². The fourth-order valence-electron chi connectivity index (χ4n) is 2.64. The molecule has 1 aliphatic heterocycles. The Morgan fingerprint density at radius 3 is 2.70 bits per heavy atom. The summed E-state index contributed by atoms with van der Waals surface area (Å²) in [6.45, 7) is 1.45. The van der Waals surface area contributed by atoms with Crippen LogP contribution in [0.25, 0.3) is 6.08 Å². The average molecular weight is 276 g/mol. The Bertz CT molecular complexity index is 511. The second-order valence-electron chi connectivity index (χ2n) is 5.43. The number of halogens is 1. The number of carbonyl (C=O) groups excluding carboxylic acids is 1. The van der Waals surface area contributed by atoms with Crippen LogP contribution in [0, 0.1) is 11.7 Å². The first-order valence-electron chi connectivity index (χ1n) is 6.92. The minimum Gasteiger partial charge on any atom is -0.456 e. The molecule has 1 aliphatic carbocycles. The van der Waals surface area contributed by atoms with Gasteiger partial charge in [-0.25, -0.2) is 9.18 Å². The summed E-state index contributed by atoms with van der Waals surface area (Å²) in [6, 6.07) is 5.97. The van der Waals surface area contributed by atoms with Crippen LogP contribution in [0.4, 0.5) is 4.39 Å². The zero-order chi connectivity index (χ0) is 14.0. The van der Waals surface area contributed by atoms with Crippen LogP contribution in [0.15, 0.2) is 30.3 Å². The highest BCUT2D eigenvalue weighted by atomic mass is 19.1. The van der Waals surface area contributed by atoms with Crippen molar-refractivity contribution >= 4 is 12.0 Å². The molecular weight excluding hydrogens is 259 g/mol. The Labute approximate surface area is 117 Å². The van der Waals surface area contributed by atoms with Gasteiger partial charge in [0, 0.05) is 18.6 Å². The standard InChI is InChI=1S/C16H17FO3/c17-14-4-1-12(2-5-14)3-6-15(18)20-16(8-9-16)13-7-10-19-11-13/h1-6,13H,7-11H2. The third-order valence-electron chi connectivity index (χ3n) is 4.00. The second-order valence-corrected chi connectivity index (χ2v) is 5.43. The number of carbonyl (C=O) groups is 1. The van der Waals surface area contributed by atoms with E-state index in [1.807, 2.05) is 0 Å². The average Bonchev–Trinajstić information content (AvgIpc) is 3.01. The Balaban J connectivity index is 1.58. The van der Waals surface area contributed by atoms with Crippen molar-refractivity contribution in [1.82, 2.24) is 0 Å². The monoisotopic (exact) mass is 276 g/mol. The maximum Gasteiger partial charge on any atom is 0.331 e. The molecule has 1 saturated carbocycles. The number of hydrogen-bond acceptors (Lipinski definition) is 3. The van der Waals surface area contributed by atoms with E-state index in [9.17, 15) is 9.18 Å². The molecule has 1 saturated heterocycles. The fraction of sp³-hybridized carbons (Fsp3) is 0.438. The molecule has 0 aromatic heterocycles. The predicted octanol–water partition coefficient (Wildman–Crippen LogP) is 2.95. The summed E-state index contributed by atoms with van der Waals surface area (Å²) >= 11 is 0. The molecule has 20 heavy (non-hydrogen) atoms. The predicted molar refractivity (Wildman–Crippen MR) is 72.4 cm³/mol. The zero-order valence-electron chi connectivity index (χ0n) is 11.2. The number of hydrogen-bond donors (Lipinski definition) is 0. The Morgan fingerprint density at radius 1 is 1.35 bits per heavy atom. The first-order valence-corrected chi connectivity index (χ1v) is 6.92. The lowest BCUT2D eigenvalue weighted by atomic mass is 9.99. The molecule has 0 radical (unpaired) electrons. The highest BCUT2D eigenvalue weighted by Gasteiger charge is 2.53. The Kier molecular flexibility index (Phi) is 3.57. The van der Waals surface area contributed by atoms with Crippen molar-refractivity contribution < 1.29 is 18.7 Å². The molecule has 1 unspecified atom stereocenters. The van der Waals surface area contributed by atoms with Gasteiger partial charge in [0.05, 0.1) is 6.61 Å². The minimum absolute atomic E-state index is 0.289. The van der Waals surface area contributed by atoms with Gasteiger partial charge in [-0.2, -0.15) is 0 Å². The summed E-state index contributed by atoms with van der Waals surface area (Å²) in [4.78, 5) is 11.9. The van der Waals surface area contributed by atoms with Gasteiger partial charge in [0.2, 0.25) is 0 Å². The van der Waals surface area contributed by atoms with E-state index in [1.165, 1.54) is 18.2 Å². The van der Waals surface area contributed by atoms with Gasteiger partial charge in [-0.3, -0.25) is 0 Å². The topological polar surface area (TPSA) is 35.5 Å². The van der Waals surface area contributed by atoms with Crippen molar-refractivity contribution in [2.75, 3.05) is 13.2 Å². The van der Waals surface area contributed by atoms with Crippen molar-refractivity contribution in [3.05, 3.63) is 41.7 Å². The van der Waals surface area contributed by atoms with E-state index >= 15 is 0 Å². The van der Waals surface area contributed by atoms with Crippen LogP contribution >= 0.6 is 0 Å². The molecule has 106 valence electrons. The van der Waals surface area contributed by atoms with E-state index in [-0.39, 0.29) is 17.4 Å². The van der Waals surface area contributed by atoms with Crippen LogP contribution in [-0.4, -0.2) is 24.8 Å². The van der Waals surface area contributed by atoms with Crippen molar-refractivity contribution in [1.29, 1.82) is 0 Å². The molecule has 0 spiro atoms. The molecule has 0 amide bonds. The third kappa shape index (κ3) is 2.90. The minimum atomic E-state index is -0.335. The third-order valence-corrected chi connectivity index (χ3v) is 4.00. The zero-order valence-corrected chi connectivity index (χ0v) is 11.2. The van der Waals surface area contributed by atoms with Gasteiger partial charge >= 0.3 is 5.97 Å². The lowest BCUT2D eigenvalue weighted by molar-refractivity contribution is -0.148. The van der Waals surface area contributed by atoms with Crippen molar-refractivity contribution in [3.63, 3.8) is 0 Å². The van der Waals surface area contributed by atoms with Crippen LogP contribution in [0.2, 0.25) is 0 Å². The van der Waals surface area contributed by atoms with Crippen molar-refractivity contribution in [2.45, 2.75) is 24.9 Å². The maximum atomic E-state index is 12.8. The molecule has 3 rings (SSSR count). The van der Waals surface area contributed by atoms with E-state index in [2.05, 4.69) is 0 Å². The summed E-state index contributed by atoms with van der Waals surface area (Å²) in [7, 11) is 0. The maximum absolute atomic E-state index is 12.8. The SMILES string of the molecule is O=C(C=Cc1ccc(F)cc1)OC1(C2CCOC2)CC1. The normalized spacial score (nSPS) is 23.9. The quantitative estimate of drug-likeness (QED) is 0.626. The number of rotatable bonds is 4. The van der Waals surface area contributed by atoms with Crippen molar-refractivity contribution in [3.8, 4) is 0 Å². The largest absolute Gasteiger partial charge is 0.456 e. The molecule has 1 aromatic rings. The van der Waals surface area contributed by atoms with Crippen LogP contribution in [0.5, 0.6) is 0 Å². The molecule has 2 fully saturated rings. The Morgan fingerprint density at radius 2 is 2.10 bits per heavy atom. The molecule has 1 atom stereocenters. The van der Waals surface area contributed by atoms with Crippen LogP contribution < -0.4 is 0 Å². The molecule has 4 heteroatoms. The summed E-state index contributed by atoms with van der Waals surface area (Å²) < 4.78 is 23.7. The number of ether oxygens (including phenoxy) is 2. The van der Waals surface area contributed by atoms with Gasteiger partial charge in [0.15, 0.2) is 0 Å². The van der Waals surface area contributed by atoms with Gasteiger partial charge in [-0.05, 0) is 43.0 Å². The van der Waals surface area contributed by atoms with Crippen LogP contribution in [-0.2, 0) is 14.3 Å². The molecule has 3 nitrogen and oxygen atoms in total. The summed E-state index contributed by atoms with van der Waals surface area (Å²) in [5.74, 6) is -0.285. The molecule has 0 N–H and O–H groups in total. The van der Waals surface area contributed by atoms with E-state index in [0.717, 1.165) is 31.4 Å². The van der Waals surface area contributed by atoms with E-state index < -0.39 is 0 Å². The second kappa shape index (κ2) is 5.37.